The Hall–Kier alpha value is 0.290. The first kappa shape index (κ1) is 10.8. The fourth-order valence-electron chi connectivity index (χ4n) is 1.56. The Labute approximate surface area is 97.7 Å². The van der Waals surface area contributed by atoms with Crippen molar-refractivity contribution in [1.82, 2.24) is 9.78 Å². The van der Waals surface area contributed by atoms with Crippen LogP contribution in [0.2, 0.25) is 0 Å². The number of rotatable bonds is 3. The maximum absolute atomic E-state index is 5.39. The van der Waals surface area contributed by atoms with Crippen molar-refractivity contribution in [1.29, 1.82) is 0 Å². The summed E-state index contributed by atoms with van der Waals surface area (Å²) in [6, 6.07) is 0. The third kappa shape index (κ3) is 2.10. The van der Waals surface area contributed by atoms with Crippen molar-refractivity contribution in [3.8, 4) is 0 Å². The van der Waals surface area contributed by atoms with Crippen molar-refractivity contribution in [2.45, 2.75) is 26.7 Å². The molecule has 0 aliphatic carbocycles. The van der Waals surface area contributed by atoms with E-state index in [9.17, 15) is 0 Å². The SMILES string of the molecule is Cc1c(COPI)nn2c1COCC2. The molecule has 14 heavy (non-hydrogen) atoms. The Morgan fingerprint density at radius 2 is 2.57 bits per heavy atom. The van der Waals surface area contributed by atoms with Crippen molar-refractivity contribution in [2.24, 2.45) is 0 Å². The first-order chi connectivity index (χ1) is 6.83. The Kier molecular flexibility index (Phi) is 3.76. The summed E-state index contributed by atoms with van der Waals surface area (Å²) in [7, 11) is 0. The fraction of sp³-hybridized carbons (Fsp3) is 0.625. The van der Waals surface area contributed by atoms with Gasteiger partial charge in [0.25, 0.3) is 0 Å². The monoisotopic (exact) mass is 326 g/mol. The molecule has 0 N–H and O–H groups in total. The number of fused-ring (bicyclic) bond motifs is 1. The van der Waals surface area contributed by atoms with Crippen LogP contribution in [0.1, 0.15) is 17.0 Å². The minimum absolute atomic E-state index is 0.492. The van der Waals surface area contributed by atoms with E-state index in [1.807, 2.05) is 4.68 Å². The van der Waals surface area contributed by atoms with Crippen LogP contribution in [0.15, 0.2) is 0 Å². The van der Waals surface area contributed by atoms with Gasteiger partial charge in [0, 0.05) is 0 Å². The molecule has 1 aromatic heterocycles. The van der Waals surface area contributed by atoms with E-state index in [1.54, 1.807) is 0 Å². The molecule has 0 bridgehead atoms. The second-order valence-corrected chi connectivity index (χ2v) is 4.92. The highest BCUT2D eigenvalue weighted by Gasteiger charge is 2.17. The zero-order chi connectivity index (χ0) is 9.97. The molecule has 1 aliphatic heterocycles. The second kappa shape index (κ2) is 4.88. The third-order valence-electron chi connectivity index (χ3n) is 2.37. The predicted molar refractivity (Wildman–Crippen MR) is 63.7 cm³/mol. The van der Waals surface area contributed by atoms with Crippen LogP contribution in [-0.2, 0) is 29.0 Å². The van der Waals surface area contributed by atoms with Gasteiger partial charge in [-0.25, -0.2) is 0 Å². The lowest BCUT2D eigenvalue weighted by Crippen LogP contribution is -2.17. The first-order valence-corrected chi connectivity index (χ1v) is 8.45. The molecular weight excluding hydrogens is 314 g/mol. The van der Waals surface area contributed by atoms with E-state index in [-0.39, 0.29) is 0 Å². The summed E-state index contributed by atoms with van der Waals surface area (Å²) in [5.74, 6) is 0. The summed E-state index contributed by atoms with van der Waals surface area (Å²) in [6.45, 7) is 5.51. The average molecular weight is 326 g/mol. The fourth-order valence-corrected chi connectivity index (χ4v) is 2.22. The molecule has 2 heterocycles. The van der Waals surface area contributed by atoms with Gasteiger partial charge in [-0.15, -0.1) is 0 Å². The number of halogens is 1. The highest BCUT2D eigenvalue weighted by molar-refractivity contribution is 14.2. The average Bonchev–Trinajstić information content (AvgIpc) is 2.54. The van der Waals surface area contributed by atoms with Crippen LogP contribution in [-0.4, -0.2) is 16.4 Å². The molecule has 78 valence electrons. The topological polar surface area (TPSA) is 36.3 Å². The number of aromatic nitrogens is 2. The van der Waals surface area contributed by atoms with Crippen molar-refractivity contribution in [3.05, 3.63) is 17.0 Å². The highest BCUT2D eigenvalue weighted by Crippen LogP contribution is 2.25. The molecule has 0 amide bonds. The van der Waals surface area contributed by atoms with Crippen molar-refractivity contribution in [2.75, 3.05) is 6.61 Å². The van der Waals surface area contributed by atoms with E-state index in [1.165, 1.54) is 11.3 Å². The van der Waals surface area contributed by atoms with Crippen LogP contribution in [0.3, 0.4) is 0 Å². The van der Waals surface area contributed by atoms with Crippen LogP contribution < -0.4 is 0 Å². The molecule has 4 nitrogen and oxygen atoms in total. The van der Waals surface area contributed by atoms with Crippen LogP contribution in [0, 0.1) is 6.92 Å². The van der Waals surface area contributed by atoms with Crippen molar-refractivity contribution >= 4 is 28.5 Å². The summed E-state index contributed by atoms with van der Waals surface area (Å²) in [6.07, 6.45) is 0. The number of hydrogen-bond donors (Lipinski definition) is 0. The molecule has 6 heteroatoms. The van der Waals surface area contributed by atoms with Gasteiger partial charge in [0.2, 0.25) is 0 Å². The predicted octanol–water partition coefficient (Wildman–Crippen LogP) is 2.18. The Morgan fingerprint density at radius 1 is 1.71 bits per heavy atom. The minimum atomic E-state index is 0.492. The lowest BCUT2D eigenvalue weighted by Gasteiger charge is -2.14. The van der Waals surface area contributed by atoms with Gasteiger partial charge < -0.3 is 9.26 Å². The molecule has 0 fully saturated rings. The van der Waals surface area contributed by atoms with Crippen LogP contribution >= 0.6 is 28.5 Å². The summed E-state index contributed by atoms with van der Waals surface area (Å²) >= 11 is 2.22. The maximum Gasteiger partial charge on any atom is 0.0958 e. The largest absolute Gasteiger partial charge is 0.373 e. The summed E-state index contributed by atoms with van der Waals surface area (Å²) in [4.78, 5) is 0. The Balaban J connectivity index is 2.20. The van der Waals surface area contributed by atoms with Gasteiger partial charge in [-0.05, 0) is 34.5 Å². The molecule has 0 saturated heterocycles. The van der Waals surface area contributed by atoms with Crippen molar-refractivity contribution < 1.29 is 9.26 Å². The summed E-state index contributed by atoms with van der Waals surface area (Å²) in [5.41, 5.74) is 3.47. The normalized spacial score (nSPS) is 16.4. The first-order valence-electron chi connectivity index (χ1n) is 4.43. The Bertz CT molecular complexity index is 329. The van der Waals surface area contributed by atoms with Gasteiger partial charge >= 0.3 is 0 Å². The van der Waals surface area contributed by atoms with E-state index in [4.69, 9.17) is 9.26 Å². The van der Waals surface area contributed by atoms with Crippen LogP contribution in [0.25, 0.3) is 0 Å². The Morgan fingerprint density at radius 3 is 3.29 bits per heavy atom. The van der Waals surface area contributed by atoms with Crippen LogP contribution in [0.4, 0.5) is 0 Å². The van der Waals surface area contributed by atoms with Gasteiger partial charge in [0.1, 0.15) is 0 Å². The molecule has 1 aromatic rings. The molecular formula is C8H12IN2O2P. The zero-order valence-corrected chi connectivity index (χ0v) is 11.1. The minimum Gasteiger partial charge on any atom is -0.373 e. The van der Waals surface area contributed by atoms with Gasteiger partial charge in [-0.2, -0.15) is 5.10 Å². The quantitative estimate of drug-likeness (QED) is 0.631. The number of hydrogen-bond acceptors (Lipinski definition) is 3. The second-order valence-electron chi connectivity index (χ2n) is 3.16. The van der Waals surface area contributed by atoms with E-state index in [2.05, 4.69) is 34.1 Å². The van der Waals surface area contributed by atoms with Crippen LogP contribution in [0.5, 0.6) is 0 Å². The third-order valence-corrected chi connectivity index (χ3v) is 3.56. The number of nitrogens with zero attached hydrogens (tertiary/aromatic N) is 2. The maximum atomic E-state index is 5.39. The molecule has 0 radical (unpaired) electrons. The molecule has 0 aromatic carbocycles. The van der Waals surface area contributed by atoms with E-state index < -0.39 is 0 Å². The number of ether oxygens (including phenoxy) is 1. The van der Waals surface area contributed by atoms with Crippen molar-refractivity contribution in [3.63, 3.8) is 0 Å². The highest BCUT2D eigenvalue weighted by atomic mass is 127. The smallest absolute Gasteiger partial charge is 0.0958 e. The standard InChI is InChI=1S/C8H12IN2O2P/c1-6-7(4-13-14-9)10-11-2-3-12-5-8(6)11/h14H,2-5H2,1H3. The molecule has 1 aliphatic rings. The van der Waals surface area contributed by atoms with E-state index in [0.29, 0.717) is 19.7 Å². The van der Waals surface area contributed by atoms with Gasteiger partial charge in [0.15, 0.2) is 0 Å². The lowest BCUT2D eigenvalue weighted by molar-refractivity contribution is 0.0795. The molecule has 0 spiro atoms. The van der Waals surface area contributed by atoms with Gasteiger partial charge in [-0.1, -0.05) is 0 Å². The summed E-state index contributed by atoms with van der Waals surface area (Å²) in [5, 5.41) is 4.50. The van der Waals surface area contributed by atoms with E-state index >= 15 is 0 Å². The summed E-state index contributed by atoms with van der Waals surface area (Å²) < 4.78 is 12.8. The van der Waals surface area contributed by atoms with E-state index in [0.717, 1.165) is 18.8 Å². The van der Waals surface area contributed by atoms with Gasteiger partial charge in [-0.3, -0.25) is 4.68 Å². The lowest BCUT2D eigenvalue weighted by atomic mass is 10.2. The molecule has 0 saturated carbocycles. The zero-order valence-electron chi connectivity index (χ0n) is 7.92. The molecule has 2 rings (SSSR count). The molecule has 1 unspecified atom stereocenters. The molecule has 1 atom stereocenters. The van der Waals surface area contributed by atoms with Gasteiger partial charge in [0.05, 0.1) is 44.2 Å².